The zero-order chi connectivity index (χ0) is 11.8. The lowest BCUT2D eigenvalue weighted by Gasteiger charge is -2.26. The molecule has 0 aliphatic heterocycles. The van der Waals surface area contributed by atoms with E-state index >= 15 is 0 Å². The number of allylic oxidation sites excluding steroid dienone is 2. The molecule has 0 radical (unpaired) electrons. The molecule has 1 aromatic heterocycles. The lowest BCUT2D eigenvalue weighted by Crippen LogP contribution is -2.35. The summed E-state index contributed by atoms with van der Waals surface area (Å²) in [7, 11) is 1.97. The first-order valence-electron chi connectivity index (χ1n) is 6.61. The minimum absolute atomic E-state index is 0.607. The Hall–Kier alpha value is -1.09. The average Bonchev–Trinajstić information content (AvgIpc) is 3.01. The Kier molecular flexibility index (Phi) is 2.79. The second-order valence-corrected chi connectivity index (χ2v) is 5.64. The molecular weight excluding hydrogens is 210 g/mol. The first-order valence-corrected chi connectivity index (χ1v) is 6.61. The van der Waals surface area contributed by atoms with Crippen molar-refractivity contribution in [1.82, 2.24) is 15.1 Å². The van der Waals surface area contributed by atoms with Crippen molar-refractivity contribution in [2.45, 2.75) is 32.4 Å². The molecule has 0 saturated heterocycles. The van der Waals surface area contributed by atoms with E-state index in [0.717, 1.165) is 24.3 Å². The van der Waals surface area contributed by atoms with Gasteiger partial charge in [-0.05, 0) is 37.5 Å². The molecule has 2 aliphatic carbocycles. The predicted octanol–water partition coefficient (Wildman–Crippen LogP) is 2.11. The molecule has 0 spiro atoms. The summed E-state index contributed by atoms with van der Waals surface area (Å²) in [6.45, 7) is 3.27. The third-order valence-corrected chi connectivity index (χ3v) is 4.36. The number of aryl methyl sites for hydroxylation is 1. The van der Waals surface area contributed by atoms with Gasteiger partial charge in [0.15, 0.2) is 0 Å². The fraction of sp³-hybridized carbons (Fsp3) is 0.643. The highest BCUT2D eigenvalue weighted by Gasteiger charge is 2.38. The highest BCUT2D eigenvalue weighted by atomic mass is 15.2. The van der Waals surface area contributed by atoms with Crippen LogP contribution in [-0.4, -0.2) is 15.8 Å². The van der Waals surface area contributed by atoms with Gasteiger partial charge in [-0.1, -0.05) is 12.2 Å². The average molecular weight is 231 g/mol. The molecule has 1 heterocycles. The van der Waals surface area contributed by atoms with Crippen molar-refractivity contribution >= 4 is 0 Å². The number of nitrogens with one attached hydrogen (secondary N) is 1. The first kappa shape index (κ1) is 11.0. The van der Waals surface area contributed by atoms with Crippen LogP contribution in [0.2, 0.25) is 0 Å². The molecule has 3 heteroatoms. The monoisotopic (exact) mass is 231 g/mol. The van der Waals surface area contributed by atoms with E-state index in [-0.39, 0.29) is 0 Å². The Labute approximate surface area is 103 Å². The molecule has 17 heavy (non-hydrogen) atoms. The van der Waals surface area contributed by atoms with Crippen LogP contribution in [0.15, 0.2) is 24.5 Å². The van der Waals surface area contributed by atoms with Gasteiger partial charge in [0, 0.05) is 31.4 Å². The van der Waals surface area contributed by atoms with E-state index in [9.17, 15) is 0 Å². The number of nitrogens with zero attached hydrogens (tertiary/aromatic N) is 2. The lowest BCUT2D eigenvalue weighted by molar-refractivity contribution is 0.326. The molecule has 1 N–H and O–H groups in total. The second kappa shape index (κ2) is 4.30. The van der Waals surface area contributed by atoms with E-state index in [2.05, 4.69) is 35.7 Å². The van der Waals surface area contributed by atoms with Crippen molar-refractivity contribution in [3.05, 3.63) is 30.1 Å². The van der Waals surface area contributed by atoms with E-state index in [1.165, 1.54) is 18.4 Å². The van der Waals surface area contributed by atoms with Crippen LogP contribution in [0.1, 0.15) is 25.3 Å². The molecule has 3 rings (SSSR count). The highest BCUT2D eigenvalue weighted by molar-refractivity contribution is 5.12. The molecule has 0 amide bonds. The Morgan fingerprint density at radius 2 is 2.35 bits per heavy atom. The fourth-order valence-corrected chi connectivity index (χ4v) is 3.39. The molecule has 3 nitrogen and oxygen atoms in total. The predicted molar refractivity (Wildman–Crippen MR) is 68.4 cm³/mol. The maximum atomic E-state index is 4.20. The van der Waals surface area contributed by atoms with Gasteiger partial charge in [-0.25, -0.2) is 0 Å². The van der Waals surface area contributed by atoms with Crippen LogP contribution < -0.4 is 5.32 Å². The number of hydrogen-bond acceptors (Lipinski definition) is 2. The van der Waals surface area contributed by atoms with Crippen LogP contribution in [-0.2, 0) is 13.6 Å². The molecule has 1 aromatic rings. The van der Waals surface area contributed by atoms with Gasteiger partial charge < -0.3 is 5.32 Å². The molecule has 4 unspecified atom stereocenters. The van der Waals surface area contributed by atoms with Crippen LogP contribution in [0, 0.1) is 17.8 Å². The maximum absolute atomic E-state index is 4.20. The van der Waals surface area contributed by atoms with Crippen molar-refractivity contribution in [2.24, 2.45) is 24.8 Å². The van der Waals surface area contributed by atoms with E-state index in [1.54, 1.807) is 0 Å². The Bertz CT molecular complexity index is 421. The van der Waals surface area contributed by atoms with Crippen LogP contribution >= 0.6 is 0 Å². The van der Waals surface area contributed by atoms with Gasteiger partial charge in [-0.3, -0.25) is 4.68 Å². The smallest absolute Gasteiger partial charge is 0.0534 e. The van der Waals surface area contributed by atoms with Gasteiger partial charge in [0.2, 0.25) is 0 Å². The minimum atomic E-state index is 0.607. The van der Waals surface area contributed by atoms with Crippen molar-refractivity contribution in [3.63, 3.8) is 0 Å². The summed E-state index contributed by atoms with van der Waals surface area (Å²) in [6.07, 6.45) is 11.6. The molecular formula is C14H21N3. The van der Waals surface area contributed by atoms with Gasteiger partial charge in [-0.2, -0.15) is 5.10 Å². The summed E-state index contributed by atoms with van der Waals surface area (Å²) in [5.74, 6) is 2.53. The molecule has 2 aliphatic rings. The van der Waals surface area contributed by atoms with Crippen molar-refractivity contribution in [3.8, 4) is 0 Å². The van der Waals surface area contributed by atoms with Gasteiger partial charge >= 0.3 is 0 Å². The third-order valence-electron chi connectivity index (χ3n) is 4.36. The lowest BCUT2D eigenvalue weighted by atomic mass is 9.87. The molecule has 4 atom stereocenters. The van der Waals surface area contributed by atoms with Gasteiger partial charge in [-0.15, -0.1) is 0 Å². The zero-order valence-electron chi connectivity index (χ0n) is 10.6. The van der Waals surface area contributed by atoms with Crippen LogP contribution in [0.5, 0.6) is 0 Å². The van der Waals surface area contributed by atoms with Gasteiger partial charge in [0.1, 0.15) is 0 Å². The summed E-state index contributed by atoms with van der Waals surface area (Å²) in [6, 6.07) is 0.607. The minimum Gasteiger partial charge on any atom is -0.310 e. The number of fused-ring (bicyclic) bond motifs is 2. The van der Waals surface area contributed by atoms with Crippen molar-refractivity contribution < 1.29 is 0 Å². The van der Waals surface area contributed by atoms with Crippen LogP contribution in [0.4, 0.5) is 0 Å². The van der Waals surface area contributed by atoms with Crippen molar-refractivity contribution in [1.29, 1.82) is 0 Å². The van der Waals surface area contributed by atoms with Crippen LogP contribution in [0.3, 0.4) is 0 Å². The van der Waals surface area contributed by atoms with Gasteiger partial charge in [0.05, 0.1) is 6.20 Å². The van der Waals surface area contributed by atoms with E-state index < -0.39 is 0 Å². The van der Waals surface area contributed by atoms with Crippen molar-refractivity contribution in [2.75, 3.05) is 0 Å². The molecule has 2 bridgehead atoms. The Balaban J connectivity index is 1.54. The van der Waals surface area contributed by atoms with E-state index in [0.29, 0.717) is 6.04 Å². The topological polar surface area (TPSA) is 29.9 Å². The molecule has 92 valence electrons. The largest absolute Gasteiger partial charge is 0.310 e. The van der Waals surface area contributed by atoms with E-state index in [4.69, 9.17) is 0 Å². The molecule has 1 saturated carbocycles. The second-order valence-electron chi connectivity index (χ2n) is 5.64. The Morgan fingerprint density at radius 1 is 1.47 bits per heavy atom. The van der Waals surface area contributed by atoms with Crippen LogP contribution in [0.25, 0.3) is 0 Å². The summed E-state index contributed by atoms with van der Waals surface area (Å²) < 4.78 is 1.86. The number of rotatable bonds is 4. The van der Waals surface area contributed by atoms with E-state index in [1.807, 2.05) is 17.9 Å². The fourth-order valence-electron chi connectivity index (χ4n) is 3.39. The summed E-state index contributed by atoms with van der Waals surface area (Å²) in [5.41, 5.74) is 1.28. The van der Waals surface area contributed by atoms with Gasteiger partial charge in [0.25, 0.3) is 0 Å². The normalized spacial score (nSPS) is 32.2. The summed E-state index contributed by atoms with van der Waals surface area (Å²) >= 11 is 0. The Morgan fingerprint density at radius 3 is 2.94 bits per heavy atom. The standard InChI is InChI=1S/C14H21N3/c1-10(14-6-11-3-4-13(14)5-11)15-7-12-8-16-17(2)9-12/h3-4,8-11,13-15H,5-7H2,1-2H3. The summed E-state index contributed by atoms with van der Waals surface area (Å²) in [4.78, 5) is 0. The maximum Gasteiger partial charge on any atom is 0.0534 e. The third kappa shape index (κ3) is 2.16. The quantitative estimate of drug-likeness (QED) is 0.804. The first-order chi connectivity index (χ1) is 8.22. The molecule has 0 aromatic carbocycles. The number of hydrogen-bond donors (Lipinski definition) is 1. The highest BCUT2D eigenvalue weighted by Crippen LogP contribution is 2.44. The SMILES string of the molecule is CC(NCc1cnn(C)c1)C1CC2C=CC1C2. The summed E-state index contributed by atoms with van der Waals surface area (Å²) in [5, 5.41) is 7.85. The zero-order valence-corrected chi connectivity index (χ0v) is 10.6. The molecule has 1 fully saturated rings. The number of aromatic nitrogens is 2.